The Morgan fingerprint density at radius 3 is 2.29 bits per heavy atom. The minimum Gasteiger partial charge on any atom is -0.376 e. The summed E-state index contributed by atoms with van der Waals surface area (Å²) in [6.45, 7) is 7.65. The van der Waals surface area contributed by atoms with Gasteiger partial charge >= 0.3 is 0 Å². The van der Waals surface area contributed by atoms with Gasteiger partial charge in [0, 0.05) is 31.4 Å². The van der Waals surface area contributed by atoms with Crippen LogP contribution in [0.5, 0.6) is 0 Å². The third-order valence-corrected chi connectivity index (χ3v) is 10.2. The fourth-order valence-electron chi connectivity index (χ4n) is 7.18. The first kappa shape index (κ1) is 38.0. The van der Waals surface area contributed by atoms with Crippen LogP contribution in [0.25, 0.3) is 0 Å². The van der Waals surface area contributed by atoms with Gasteiger partial charge in [0.15, 0.2) is 0 Å². The lowest BCUT2D eigenvalue weighted by Crippen LogP contribution is -2.65. The van der Waals surface area contributed by atoms with Crippen LogP contribution in [0.3, 0.4) is 0 Å². The van der Waals surface area contributed by atoms with Crippen molar-refractivity contribution in [2.24, 2.45) is 11.3 Å². The van der Waals surface area contributed by atoms with Gasteiger partial charge in [-0.15, -0.1) is 0 Å². The fourth-order valence-corrected chi connectivity index (χ4v) is 7.18. The van der Waals surface area contributed by atoms with E-state index in [0.717, 1.165) is 56.1 Å². The lowest BCUT2D eigenvalue weighted by molar-refractivity contribution is -0.148. The molecule has 4 amide bonds. The predicted octanol–water partition coefficient (Wildman–Crippen LogP) is 2.56. The molecule has 1 aliphatic heterocycles. The zero-order valence-electron chi connectivity index (χ0n) is 30.2. The Hall–Kier alpha value is -4.23. The summed E-state index contributed by atoms with van der Waals surface area (Å²) in [5, 5.41) is 23.5. The minimum absolute atomic E-state index is 0.00221. The SMILES string of the molecule is CCC[C@H](NC(=O)[C@@H]1Cc2ccccc2CN1C(=O)[C@@H](NC(O)[C@@H](NC(=O)c1cnccn1)C1CCCCC1)C(C)(C)C)C(=O)C(=O)NC1CC1. The molecule has 2 saturated carbocycles. The molecule has 0 saturated heterocycles. The summed E-state index contributed by atoms with van der Waals surface area (Å²) in [6.07, 6.45) is 10.3. The highest BCUT2D eigenvalue weighted by Crippen LogP contribution is 2.31. The summed E-state index contributed by atoms with van der Waals surface area (Å²) in [4.78, 5) is 77.6. The number of aromatic nitrogens is 2. The van der Waals surface area contributed by atoms with Crippen LogP contribution < -0.4 is 21.3 Å². The zero-order chi connectivity index (χ0) is 36.7. The average Bonchev–Trinajstić information content (AvgIpc) is 3.95. The molecular weight excluding hydrogens is 650 g/mol. The van der Waals surface area contributed by atoms with Crippen molar-refractivity contribution in [3.8, 4) is 0 Å². The van der Waals surface area contributed by atoms with Crippen LogP contribution in [-0.4, -0.2) is 85.8 Å². The first-order valence-corrected chi connectivity index (χ1v) is 18.4. The minimum atomic E-state index is -1.30. The Balaban J connectivity index is 1.40. The van der Waals surface area contributed by atoms with Crippen LogP contribution >= 0.6 is 0 Å². The van der Waals surface area contributed by atoms with Crippen molar-refractivity contribution < 1.29 is 29.1 Å². The molecule has 3 aliphatic rings. The normalized spacial score (nSPS) is 20.3. The lowest BCUT2D eigenvalue weighted by Gasteiger charge is -2.43. The second-order valence-electron chi connectivity index (χ2n) is 15.3. The maximum atomic E-state index is 14.8. The highest BCUT2D eigenvalue weighted by atomic mass is 16.3. The molecule has 1 aromatic heterocycles. The molecule has 2 heterocycles. The first-order chi connectivity index (χ1) is 24.4. The monoisotopic (exact) mass is 703 g/mol. The van der Waals surface area contributed by atoms with Crippen LogP contribution in [0.15, 0.2) is 42.9 Å². The number of aliphatic hydroxyl groups is 1. The quantitative estimate of drug-likeness (QED) is 0.146. The molecule has 2 aromatic rings. The van der Waals surface area contributed by atoms with Gasteiger partial charge in [-0.1, -0.05) is 77.6 Å². The van der Waals surface area contributed by atoms with E-state index in [0.29, 0.717) is 6.42 Å². The van der Waals surface area contributed by atoms with E-state index in [9.17, 15) is 29.1 Å². The fraction of sp³-hybridized carbons (Fsp3) is 0.605. The Morgan fingerprint density at radius 1 is 0.961 bits per heavy atom. The van der Waals surface area contributed by atoms with E-state index in [1.807, 2.05) is 52.0 Å². The van der Waals surface area contributed by atoms with E-state index in [2.05, 4.69) is 31.2 Å². The van der Waals surface area contributed by atoms with Crippen LogP contribution in [0.4, 0.5) is 0 Å². The summed E-state index contributed by atoms with van der Waals surface area (Å²) in [5.41, 5.74) is 1.20. The number of Topliss-reactive ketones (excluding diaryl/α,β-unsaturated/α-hetero) is 1. The van der Waals surface area contributed by atoms with Gasteiger partial charge in [-0.2, -0.15) is 0 Å². The molecule has 5 N–H and O–H groups in total. The number of hydrogen-bond acceptors (Lipinski definition) is 9. The van der Waals surface area contributed by atoms with Gasteiger partial charge in [0.25, 0.3) is 11.8 Å². The Labute approximate surface area is 300 Å². The van der Waals surface area contributed by atoms with E-state index in [1.54, 1.807) is 0 Å². The van der Waals surface area contributed by atoms with Gasteiger partial charge in [0.2, 0.25) is 17.6 Å². The van der Waals surface area contributed by atoms with Crippen LogP contribution in [0.1, 0.15) is 107 Å². The predicted molar refractivity (Wildman–Crippen MR) is 190 cm³/mol. The summed E-state index contributed by atoms with van der Waals surface area (Å²) >= 11 is 0. The molecule has 276 valence electrons. The smallest absolute Gasteiger partial charge is 0.289 e. The number of nitrogens with zero attached hydrogens (tertiary/aromatic N) is 3. The maximum Gasteiger partial charge on any atom is 0.289 e. The second-order valence-corrected chi connectivity index (χ2v) is 15.3. The van der Waals surface area contributed by atoms with Crippen molar-refractivity contribution in [3.63, 3.8) is 0 Å². The van der Waals surface area contributed by atoms with Gasteiger partial charge in [-0.05, 0) is 54.6 Å². The van der Waals surface area contributed by atoms with Crippen molar-refractivity contribution in [3.05, 3.63) is 59.7 Å². The molecule has 13 nitrogen and oxygen atoms in total. The number of nitrogens with one attached hydrogen (secondary N) is 4. The Kier molecular flexibility index (Phi) is 12.6. The molecule has 0 radical (unpaired) electrons. The molecular formula is C38H53N7O6. The second kappa shape index (κ2) is 16.9. The number of amides is 4. The molecule has 51 heavy (non-hydrogen) atoms. The molecule has 2 fully saturated rings. The third-order valence-electron chi connectivity index (χ3n) is 10.2. The van der Waals surface area contributed by atoms with Crippen LogP contribution in [0, 0.1) is 11.3 Å². The van der Waals surface area contributed by atoms with Crippen molar-refractivity contribution in [1.29, 1.82) is 0 Å². The van der Waals surface area contributed by atoms with Gasteiger partial charge < -0.3 is 26.0 Å². The standard InChI is InChI=1S/C38H53N7O6/c1-5-11-27(31(46)36(50)41-26-16-17-26)42-34(48)29-20-24-14-9-10-15-25(24)22-45(29)37(51)32(38(2,3)4)44-35(49)30(23-12-7-6-8-13-23)43-33(47)28-21-39-18-19-40-28/h9-10,14-15,18-19,21,23,26-27,29-30,32,35,44,49H,5-8,11-13,16-17,20,22H2,1-4H3,(H,41,50)(H,42,48)(H,43,47)/t27-,29-,30-,32+,35?/m0/s1. The van der Waals surface area contributed by atoms with E-state index < -0.39 is 65.2 Å². The van der Waals surface area contributed by atoms with Gasteiger partial charge in [0.05, 0.1) is 24.3 Å². The number of benzene rings is 1. The van der Waals surface area contributed by atoms with Crippen molar-refractivity contribution in [2.75, 3.05) is 0 Å². The number of carbonyl (C=O) groups is 5. The first-order valence-electron chi connectivity index (χ1n) is 18.4. The highest BCUT2D eigenvalue weighted by molar-refractivity contribution is 6.38. The van der Waals surface area contributed by atoms with Crippen LogP contribution in [-0.2, 0) is 32.1 Å². The molecule has 0 spiro atoms. The van der Waals surface area contributed by atoms with E-state index in [-0.39, 0.29) is 37.0 Å². The van der Waals surface area contributed by atoms with E-state index >= 15 is 0 Å². The average molecular weight is 704 g/mol. The van der Waals surface area contributed by atoms with E-state index in [1.165, 1.54) is 23.5 Å². The molecule has 0 bridgehead atoms. The highest BCUT2D eigenvalue weighted by Gasteiger charge is 2.44. The van der Waals surface area contributed by atoms with E-state index in [4.69, 9.17) is 0 Å². The third kappa shape index (κ3) is 9.76. The molecule has 13 heteroatoms. The summed E-state index contributed by atoms with van der Waals surface area (Å²) in [6, 6.07) is 3.92. The molecule has 2 aliphatic carbocycles. The summed E-state index contributed by atoms with van der Waals surface area (Å²) < 4.78 is 0. The lowest BCUT2D eigenvalue weighted by atomic mass is 9.81. The number of rotatable bonds is 14. The van der Waals surface area contributed by atoms with Crippen molar-refractivity contribution in [1.82, 2.24) is 36.1 Å². The van der Waals surface area contributed by atoms with Gasteiger partial charge in [-0.3, -0.25) is 34.3 Å². The number of fused-ring (bicyclic) bond motifs is 1. The topological polar surface area (TPSA) is 183 Å². The molecule has 1 unspecified atom stereocenters. The van der Waals surface area contributed by atoms with Crippen molar-refractivity contribution >= 4 is 29.4 Å². The molecule has 5 atom stereocenters. The summed E-state index contributed by atoms with van der Waals surface area (Å²) in [5.74, 6) is -2.83. The Bertz CT molecular complexity index is 1550. The molecule has 1 aromatic carbocycles. The Morgan fingerprint density at radius 2 is 1.67 bits per heavy atom. The largest absolute Gasteiger partial charge is 0.376 e. The van der Waals surface area contributed by atoms with Gasteiger partial charge in [-0.25, -0.2) is 4.98 Å². The van der Waals surface area contributed by atoms with Gasteiger partial charge in [0.1, 0.15) is 18.0 Å². The summed E-state index contributed by atoms with van der Waals surface area (Å²) in [7, 11) is 0. The number of ketones is 1. The molecule has 5 rings (SSSR count). The zero-order valence-corrected chi connectivity index (χ0v) is 30.2. The number of aliphatic hydroxyl groups excluding tert-OH is 1. The number of carbonyl (C=O) groups excluding carboxylic acids is 5. The van der Waals surface area contributed by atoms with Crippen molar-refractivity contribution in [2.45, 2.75) is 135 Å². The van der Waals surface area contributed by atoms with Crippen LogP contribution in [0.2, 0.25) is 0 Å². The maximum absolute atomic E-state index is 14.8. The number of hydrogen-bond donors (Lipinski definition) is 5.